The van der Waals surface area contributed by atoms with Crippen molar-refractivity contribution in [2.75, 3.05) is 5.32 Å². The van der Waals surface area contributed by atoms with E-state index in [4.69, 9.17) is 0 Å². The number of nitro benzene ring substituents is 1. The van der Waals surface area contributed by atoms with E-state index in [9.17, 15) is 28.4 Å². The van der Waals surface area contributed by atoms with Crippen LogP contribution >= 0.6 is 0 Å². The normalized spacial score (nSPS) is 10.9. The second-order valence-corrected chi connectivity index (χ2v) is 6.07. The predicted octanol–water partition coefficient (Wildman–Crippen LogP) is 2.31. The van der Waals surface area contributed by atoms with Crippen LogP contribution in [0.15, 0.2) is 53.4 Å². The number of hydrogen-bond donors (Lipinski definition) is 2. The van der Waals surface area contributed by atoms with Crippen molar-refractivity contribution in [2.24, 2.45) is 0 Å². The minimum atomic E-state index is -4.35. The molecule has 2 aromatic rings. The first-order valence-corrected chi connectivity index (χ1v) is 7.38. The highest BCUT2D eigenvalue weighted by molar-refractivity contribution is 8.06. The van der Waals surface area contributed by atoms with Gasteiger partial charge >= 0.3 is 5.24 Å². The number of rotatable bonds is 3. The highest BCUT2D eigenvalue weighted by atomic mass is 32.2. The van der Waals surface area contributed by atoms with Crippen molar-refractivity contribution in [3.8, 4) is 5.75 Å². The molecule has 0 unspecified atom stereocenters. The highest BCUT2D eigenvalue weighted by Gasteiger charge is 2.25. The van der Waals surface area contributed by atoms with Gasteiger partial charge in [-0.1, -0.05) is 6.07 Å². The summed E-state index contributed by atoms with van der Waals surface area (Å²) < 4.78 is 24.1. The van der Waals surface area contributed by atoms with Crippen LogP contribution in [0.1, 0.15) is 0 Å². The molecule has 0 aliphatic carbocycles. The van der Waals surface area contributed by atoms with Crippen LogP contribution in [0.25, 0.3) is 0 Å². The molecule has 0 radical (unpaired) electrons. The van der Waals surface area contributed by atoms with E-state index in [2.05, 4.69) is 5.32 Å². The maximum Gasteiger partial charge on any atom is 0.345 e. The van der Waals surface area contributed by atoms with E-state index in [-0.39, 0.29) is 22.0 Å². The van der Waals surface area contributed by atoms with Gasteiger partial charge in [0.25, 0.3) is 15.5 Å². The van der Waals surface area contributed by atoms with E-state index in [0.29, 0.717) is 0 Å². The molecule has 0 aliphatic heterocycles. The molecule has 114 valence electrons. The van der Waals surface area contributed by atoms with Gasteiger partial charge in [0.1, 0.15) is 5.75 Å². The van der Waals surface area contributed by atoms with E-state index in [1.165, 1.54) is 24.3 Å². The highest BCUT2D eigenvalue weighted by Crippen LogP contribution is 2.20. The molecule has 0 atom stereocenters. The van der Waals surface area contributed by atoms with Crippen molar-refractivity contribution in [1.82, 2.24) is 0 Å². The number of benzene rings is 2. The van der Waals surface area contributed by atoms with Crippen LogP contribution < -0.4 is 5.32 Å². The topological polar surface area (TPSA) is 127 Å². The van der Waals surface area contributed by atoms with Crippen molar-refractivity contribution in [1.29, 1.82) is 0 Å². The smallest absolute Gasteiger partial charge is 0.345 e. The summed E-state index contributed by atoms with van der Waals surface area (Å²) in [5.41, 5.74) is -0.178. The average Bonchev–Trinajstić information content (AvgIpc) is 2.47. The van der Waals surface area contributed by atoms with Crippen LogP contribution in [0.3, 0.4) is 0 Å². The molecule has 22 heavy (non-hydrogen) atoms. The molecule has 0 saturated carbocycles. The Morgan fingerprint density at radius 1 is 1.14 bits per heavy atom. The number of non-ortho nitro benzene ring substituents is 1. The van der Waals surface area contributed by atoms with Crippen LogP contribution in [0.5, 0.6) is 5.75 Å². The summed E-state index contributed by atoms with van der Waals surface area (Å²) in [6, 6.07) is 9.34. The molecule has 0 bridgehead atoms. The molecule has 0 heterocycles. The summed E-state index contributed by atoms with van der Waals surface area (Å²) in [5.74, 6) is -0.134. The number of phenolic OH excluding ortho intramolecular Hbond substituents is 1. The lowest BCUT2D eigenvalue weighted by Crippen LogP contribution is -2.21. The third-order valence-electron chi connectivity index (χ3n) is 2.69. The van der Waals surface area contributed by atoms with Gasteiger partial charge in [0.05, 0.1) is 9.82 Å². The standard InChI is InChI=1S/C13H10N2O6S/c16-11-3-1-2-9(8-11)14-13(17)22(20,21)12-6-4-10(5-7-12)15(18)19/h1-8,16H,(H,14,17). The molecule has 0 saturated heterocycles. The molecule has 8 nitrogen and oxygen atoms in total. The average molecular weight is 322 g/mol. The fraction of sp³-hybridized carbons (Fsp3) is 0. The number of sulfone groups is 1. The second-order valence-electron chi connectivity index (χ2n) is 4.22. The molecule has 0 aromatic heterocycles. The Balaban J connectivity index is 2.25. The number of nitrogens with one attached hydrogen (secondary N) is 1. The molecular formula is C13H10N2O6S. The molecule has 9 heteroatoms. The molecule has 2 rings (SSSR count). The third kappa shape index (κ3) is 3.20. The number of nitro groups is 1. The minimum absolute atomic E-state index is 0.107. The van der Waals surface area contributed by atoms with Crippen LogP contribution in [-0.4, -0.2) is 23.7 Å². The van der Waals surface area contributed by atoms with Gasteiger partial charge in [0, 0.05) is 23.9 Å². The third-order valence-corrected chi connectivity index (χ3v) is 4.18. The molecule has 0 spiro atoms. The van der Waals surface area contributed by atoms with Crippen LogP contribution in [0.2, 0.25) is 0 Å². The van der Waals surface area contributed by atoms with Crippen LogP contribution in [0, 0.1) is 10.1 Å². The summed E-state index contributed by atoms with van der Waals surface area (Å²) in [4.78, 5) is 21.3. The van der Waals surface area contributed by atoms with Crippen LogP contribution in [0.4, 0.5) is 16.2 Å². The molecule has 0 aliphatic rings. The number of phenols is 1. The van der Waals surface area contributed by atoms with E-state index in [0.717, 1.165) is 24.3 Å². The van der Waals surface area contributed by atoms with Gasteiger partial charge in [0.15, 0.2) is 0 Å². The Morgan fingerprint density at radius 2 is 1.77 bits per heavy atom. The van der Waals surface area contributed by atoms with Crippen molar-refractivity contribution in [3.63, 3.8) is 0 Å². The van der Waals surface area contributed by atoms with Gasteiger partial charge in [-0.05, 0) is 24.3 Å². The van der Waals surface area contributed by atoms with E-state index in [1.807, 2.05) is 0 Å². The van der Waals surface area contributed by atoms with E-state index >= 15 is 0 Å². The summed E-state index contributed by atoms with van der Waals surface area (Å²) >= 11 is 0. The summed E-state index contributed by atoms with van der Waals surface area (Å²) in [5, 5.41) is 20.6. The van der Waals surface area contributed by atoms with Crippen LogP contribution in [-0.2, 0) is 9.84 Å². The first-order valence-electron chi connectivity index (χ1n) is 5.90. The van der Waals surface area contributed by atoms with Crippen molar-refractivity contribution >= 4 is 26.5 Å². The summed E-state index contributed by atoms with van der Waals surface area (Å²) in [6.07, 6.45) is 0. The summed E-state index contributed by atoms with van der Waals surface area (Å²) in [7, 11) is -4.35. The maximum absolute atomic E-state index is 12.1. The molecule has 1 amide bonds. The Hall–Kier alpha value is -2.94. The fourth-order valence-electron chi connectivity index (χ4n) is 1.62. The number of nitrogens with zero attached hydrogens (tertiary/aromatic N) is 1. The van der Waals surface area contributed by atoms with Crippen molar-refractivity contribution in [2.45, 2.75) is 4.90 Å². The monoisotopic (exact) mass is 322 g/mol. The lowest BCUT2D eigenvalue weighted by atomic mass is 10.3. The Morgan fingerprint density at radius 3 is 2.32 bits per heavy atom. The Labute approximate surface area is 125 Å². The second kappa shape index (κ2) is 5.82. The van der Waals surface area contributed by atoms with Crippen molar-refractivity contribution < 1.29 is 23.2 Å². The lowest BCUT2D eigenvalue weighted by Gasteiger charge is -2.06. The van der Waals surface area contributed by atoms with E-state index < -0.39 is 20.0 Å². The van der Waals surface area contributed by atoms with Gasteiger partial charge in [-0.2, -0.15) is 0 Å². The number of amides is 1. The van der Waals surface area contributed by atoms with Gasteiger partial charge in [-0.25, -0.2) is 8.42 Å². The quantitative estimate of drug-likeness (QED) is 0.659. The minimum Gasteiger partial charge on any atom is -0.508 e. The number of aromatic hydroxyl groups is 1. The zero-order valence-electron chi connectivity index (χ0n) is 11.0. The zero-order chi connectivity index (χ0) is 16.3. The first kappa shape index (κ1) is 15.4. The number of anilines is 1. The fourth-order valence-corrected chi connectivity index (χ4v) is 2.58. The predicted molar refractivity (Wildman–Crippen MR) is 77.4 cm³/mol. The lowest BCUT2D eigenvalue weighted by molar-refractivity contribution is -0.384. The largest absolute Gasteiger partial charge is 0.508 e. The number of carbonyl (C=O) groups excluding carboxylic acids is 1. The zero-order valence-corrected chi connectivity index (χ0v) is 11.8. The van der Waals surface area contributed by atoms with Gasteiger partial charge in [0.2, 0.25) is 0 Å². The maximum atomic E-state index is 12.1. The SMILES string of the molecule is O=C(Nc1cccc(O)c1)S(=O)(=O)c1ccc([N+](=O)[O-])cc1. The summed E-state index contributed by atoms with van der Waals surface area (Å²) in [6.45, 7) is 0. The first-order chi connectivity index (χ1) is 10.3. The van der Waals surface area contributed by atoms with Gasteiger partial charge in [-0.3, -0.25) is 14.9 Å². The Bertz CT molecular complexity index is 830. The number of carbonyl (C=O) groups is 1. The van der Waals surface area contributed by atoms with Gasteiger partial charge < -0.3 is 10.4 Å². The molecule has 2 aromatic carbocycles. The number of hydrogen-bond acceptors (Lipinski definition) is 6. The molecular weight excluding hydrogens is 312 g/mol. The molecule has 2 N–H and O–H groups in total. The Kier molecular flexibility index (Phi) is 4.08. The molecule has 0 fully saturated rings. The van der Waals surface area contributed by atoms with Crippen molar-refractivity contribution in [3.05, 3.63) is 58.6 Å². The van der Waals surface area contributed by atoms with E-state index in [1.54, 1.807) is 0 Å². The van der Waals surface area contributed by atoms with Gasteiger partial charge in [-0.15, -0.1) is 0 Å².